The van der Waals surface area contributed by atoms with Gasteiger partial charge in [0.05, 0.1) is 29.0 Å². The second-order valence-electron chi connectivity index (χ2n) is 1.37. The lowest BCUT2D eigenvalue weighted by molar-refractivity contribution is 0.424. The molecule has 4 heteroatoms. The van der Waals surface area contributed by atoms with Crippen LogP contribution >= 0.6 is 22.9 Å². The van der Waals surface area contributed by atoms with Crippen LogP contribution in [-0.4, -0.2) is 9.28 Å². The van der Waals surface area contributed by atoms with E-state index in [1.807, 2.05) is 10.0 Å². The molecule has 0 spiro atoms. The Balaban J connectivity index is 3.44. The predicted octanol–water partition coefficient (Wildman–Crippen LogP) is 0.591. The van der Waals surface area contributed by atoms with Gasteiger partial charge < -0.3 is 3.11 Å². The Morgan fingerprint density at radius 2 is 2.50 bits per heavy atom. The molecule has 0 aromatic carbocycles. The molecule has 0 radical (unpaired) electrons. The Kier molecular flexibility index (Phi) is 4.20. The number of halogens is 1. The molecule has 3 nitrogen and oxygen atoms in total. The van der Waals surface area contributed by atoms with Crippen LogP contribution in [0.4, 0.5) is 0 Å². The largest absolute Gasteiger partial charge is 0.305 e. The molecule has 3 N–H and O–H groups in total. The van der Waals surface area contributed by atoms with E-state index < -0.39 is 0 Å². The van der Waals surface area contributed by atoms with Gasteiger partial charge in [0.1, 0.15) is 0 Å². The molecular formula is C4H10IN3. The highest BCUT2D eigenvalue weighted by molar-refractivity contribution is 14.1. The third kappa shape index (κ3) is 2.49. The number of nitrogens with zero attached hydrogens (tertiary/aromatic N) is 1. The molecule has 0 saturated carbocycles. The maximum atomic E-state index is 5.10. The van der Waals surface area contributed by atoms with E-state index in [1.54, 1.807) is 6.20 Å². The first-order valence-corrected chi connectivity index (χ1v) is 3.21. The standard InChI is InChI=1S/C4H10IN3/c1-3-8(5)4(2)7-6/h3-4,7H,1,6H2,2H3. The van der Waals surface area contributed by atoms with Crippen LogP contribution in [0, 0.1) is 0 Å². The maximum absolute atomic E-state index is 5.10. The molecule has 1 atom stereocenters. The van der Waals surface area contributed by atoms with Gasteiger partial charge in [-0.25, -0.2) is 5.43 Å². The molecule has 0 aliphatic heterocycles. The van der Waals surface area contributed by atoms with Gasteiger partial charge in [0.25, 0.3) is 0 Å². The number of nitrogens with one attached hydrogen (secondary N) is 1. The number of hydrogen-bond acceptors (Lipinski definition) is 3. The zero-order valence-corrected chi connectivity index (χ0v) is 6.92. The van der Waals surface area contributed by atoms with Crippen LogP contribution in [0.5, 0.6) is 0 Å². The van der Waals surface area contributed by atoms with Crippen molar-refractivity contribution in [1.29, 1.82) is 0 Å². The van der Waals surface area contributed by atoms with Crippen LogP contribution in [0.1, 0.15) is 6.92 Å². The van der Waals surface area contributed by atoms with E-state index in [1.165, 1.54) is 0 Å². The Labute approximate surface area is 63.4 Å². The molecule has 0 aliphatic carbocycles. The van der Waals surface area contributed by atoms with Crippen molar-refractivity contribution in [2.24, 2.45) is 5.84 Å². The van der Waals surface area contributed by atoms with E-state index in [-0.39, 0.29) is 6.17 Å². The quantitative estimate of drug-likeness (QED) is 0.244. The Morgan fingerprint density at radius 3 is 2.62 bits per heavy atom. The molecule has 0 bridgehead atoms. The smallest absolute Gasteiger partial charge is 0.0979 e. The molecule has 0 aromatic rings. The summed E-state index contributed by atoms with van der Waals surface area (Å²) < 4.78 is 1.84. The highest BCUT2D eigenvalue weighted by Crippen LogP contribution is 2.01. The van der Waals surface area contributed by atoms with Gasteiger partial charge in [-0.1, -0.05) is 6.58 Å². The van der Waals surface area contributed by atoms with Crippen molar-refractivity contribution in [3.63, 3.8) is 0 Å². The number of rotatable bonds is 3. The average molecular weight is 227 g/mol. The predicted molar refractivity (Wildman–Crippen MR) is 42.8 cm³/mol. The summed E-state index contributed by atoms with van der Waals surface area (Å²) in [6.07, 6.45) is 1.85. The molecule has 0 fully saturated rings. The molecule has 0 rings (SSSR count). The first-order chi connectivity index (χ1) is 3.72. The molecule has 0 aromatic heterocycles. The Hall–Kier alpha value is 0.190. The van der Waals surface area contributed by atoms with Crippen LogP contribution < -0.4 is 11.3 Å². The molecule has 0 heterocycles. The third-order valence-electron chi connectivity index (χ3n) is 0.786. The van der Waals surface area contributed by atoms with E-state index >= 15 is 0 Å². The third-order valence-corrected chi connectivity index (χ3v) is 2.02. The highest BCUT2D eigenvalue weighted by Gasteiger charge is 1.99. The minimum atomic E-state index is 0.146. The summed E-state index contributed by atoms with van der Waals surface area (Å²) >= 11 is 2.10. The van der Waals surface area contributed by atoms with Crippen LogP contribution in [-0.2, 0) is 0 Å². The van der Waals surface area contributed by atoms with E-state index in [9.17, 15) is 0 Å². The molecule has 48 valence electrons. The summed E-state index contributed by atoms with van der Waals surface area (Å²) in [4.78, 5) is 0. The van der Waals surface area contributed by atoms with E-state index in [2.05, 4.69) is 34.9 Å². The fourth-order valence-corrected chi connectivity index (χ4v) is 0.390. The Morgan fingerprint density at radius 1 is 2.00 bits per heavy atom. The normalized spacial score (nSPS) is 12.9. The molecule has 1 unspecified atom stereocenters. The van der Waals surface area contributed by atoms with Gasteiger partial charge in [-0.05, 0) is 6.92 Å². The molecule has 0 saturated heterocycles. The highest BCUT2D eigenvalue weighted by atomic mass is 127. The maximum Gasteiger partial charge on any atom is 0.0979 e. The van der Waals surface area contributed by atoms with Gasteiger partial charge in [-0.15, -0.1) is 0 Å². The fraction of sp³-hybridized carbons (Fsp3) is 0.500. The summed E-state index contributed by atoms with van der Waals surface area (Å²) in [5.74, 6) is 5.10. The molecule has 0 aliphatic rings. The van der Waals surface area contributed by atoms with Gasteiger partial charge >= 0.3 is 0 Å². The van der Waals surface area contributed by atoms with Gasteiger partial charge in [0.2, 0.25) is 0 Å². The van der Waals surface area contributed by atoms with Crippen molar-refractivity contribution < 1.29 is 0 Å². The van der Waals surface area contributed by atoms with Gasteiger partial charge in [-0.3, -0.25) is 5.84 Å². The minimum Gasteiger partial charge on any atom is -0.305 e. The lowest BCUT2D eigenvalue weighted by atomic mass is 10.6. The van der Waals surface area contributed by atoms with Crippen molar-refractivity contribution in [2.45, 2.75) is 13.1 Å². The average Bonchev–Trinajstić information content (AvgIpc) is 1.84. The second kappa shape index (κ2) is 4.11. The minimum absolute atomic E-state index is 0.146. The van der Waals surface area contributed by atoms with E-state index in [0.29, 0.717) is 0 Å². The summed E-state index contributed by atoms with van der Waals surface area (Å²) in [5.41, 5.74) is 2.56. The first kappa shape index (κ1) is 8.19. The summed E-state index contributed by atoms with van der Waals surface area (Å²) in [6, 6.07) is 0. The van der Waals surface area contributed by atoms with Crippen LogP contribution in [0.3, 0.4) is 0 Å². The number of nitrogens with two attached hydrogens (primary N) is 1. The summed E-state index contributed by atoms with van der Waals surface area (Å²) in [6.45, 7) is 5.49. The zero-order valence-electron chi connectivity index (χ0n) is 4.76. The topological polar surface area (TPSA) is 41.3 Å². The second-order valence-corrected chi connectivity index (χ2v) is 2.48. The van der Waals surface area contributed by atoms with Crippen molar-refractivity contribution in [2.75, 3.05) is 0 Å². The number of hydrogen-bond donors (Lipinski definition) is 2. The van der Waals surface area contributed by atoms with Crippen molar-refractivity contribution in [1.82, 2.24) is 8.54 Å². The lowest BCUT2D eigenvalue weighted by Gasteiger charge is -2.17. The summed E-state index contributed by atoms with van der Waals surface area (Å²) in [7, 11) is 0. The van der Waals surface area contributed by atoms with Gasteiger partial charge in [0.15, 0.2) is 0 Å². The molecular weight excluding hydrogens is 217 g/mol. The van der Waals surface area contributed by atoms with Crippen LogP contribution in [0.25, 0.3) is 0 Å². The molecule has 8 heavy (non-hydrogen) atoms. The number of hydrazine groups is 1. The lowest BCUT2D eigenvalue weighted by Crippen LogP contribution is -2.39. The first-order valence-electron chi connectivity index (χ1n) is 2.25. The van der Waals surface area contributed by atoms with Crippen LogP contribution in [0.15, 0.2) is 12.8 Å². The van der Waals surface area contributed by atoms with Crippen molar-refractivity contribution in [3.05, 3.63) is 12.8 Å². The Bertz CT molecular complexity index is 75.7. The van der Waals surface area contributed by atoms with Crippen molar-refractivity contribution in [3.8, 4) is 0 Å². The summed E-state index contributed by atoms with van der Waals surface area (Å²) in [5, 5.41) is 0. The SMILES string of the molecule is C=CN(I)C(C)NN. The van der Waals surface area contributed by atoms with E-state index in [4.69, 9.17) is 5.84 Å². The van der Waals surface area contributed by atoms with Gasteiger partial charge in [-0.2, -0.15) is 0 Å². The monoisotopic (exact) mass is 227 g/mol. The van der Waals surface area contributed by atoms with Crippen LogP contribution in [0.2, 0.25) is 0 Å². The van der Waals surface area contributed by atoms with Gasteiger partial charge in [0, 0.05) is 6.20 Å². The van der Waals surface area contributed by atoms with E-state index in [0.717, 1.165) is 0 Å². The van der Waals surface area contributed by atoms with Crippen molar-refractivity contribution >= 4 is 22.9 Å². The fourth-order valence-electron chi connectivity index (χ4n) is 0.229. The zero-order chi connectivity index (χ0) is 6.57. The molecule has 0 amide bonds.